The van der Waals surface area contributed by atoms with Crippen molar-refractivity contribution in [1.29, 1.82) is 0 Å². The lowest BCUT2D eigenvalue weighted by molar-refractivity contribution is 0.102. The molecule has 2 N–H and O–H groups in total. The van der Waals surface area contributed by atoms with Crippen molar-refractivity contribution in [2.24, 2.45) is 0 Å². The van der Waals surface area contributed by atoms with Gasteiger partial charge >= 0.3 is 0 Å². The molecule has 0 atom stereocenters. The molecule has 26 heavy (non-hydrogen) atoms. The van der Waals surface area contributed by atoms with Gasteiger partial charge in [0.2, 0.25) is 0 Å². The average molecular weight is 592 g/mol. The van der Waals surface area contributed by atoms with Crippen LogP contribution in [0.2, 0.25) is 5.02 Å². The lowest BCUT2D eigenvalue weighted by atomic mass is 10.2. The number of phenols is 1. The molecule has 0 fully saturated rings. The molecule has 3 aromatic carbocycles. The van der Waals surface area contributed by atoms with Gasteiger partial charge in [0, 0.05) is 9.26 Å². The van der Waals surface area contributed by atoms with Crippen LogP contribution in [0.3, 0.4) is 0 Å². The zero-order valence-electron chi connectivity index (χ0n) is 13.2. The highest BCUT2D eigenvalue weighted by atomic mass is 127. The molecule has 0 spiro atoms. The Hall–Kier alpha value is -1.52. The number of rotatable bonds is 4. The Kier molecular flexibility index (Phi) is 6.25. The number of anilines is 1. The second-order valence-corrected chi connectivity index (χ2v) is 8.11. The van der Waals surface area contributed by atoms with Crippen LogP contribution in [0.25, 0.3) is 0 Å². The number of phenolic OH excluding ortho intramolecular Hbond substituents is 1. The van der Waals surface area contributed by atoms with Gasteiger partial charge in [0.25, 0.3) is 5.91 Å². The van der Waals surface area contributed by atoms with E-state index in [1.807, 2.05) is 52.9 Å². The van der Waals surface area contributed by atoms with E-state index in [1.54, 1.807) is 30.3 Å². The Morgan fingerprint density at radius 1 is 1.04 bits per heavy atom. The molecule has 0 aliphatic rings. The fourth-order valence-corrected chi connectivity index (χ4v) is 4.28. The third-order valence-corrected chi connectivity index (χ3v) is 5.17. The van der Waals surface area contributed by atoms with Gasteiger partial charge in [0.1, 0.15) is 17.2 Å². The summed E-state index contributed by atoms with van der Waals surface area (Å²) in [6.45, 7) is 0. The van der Waals surface area contributed by atoms with Crippen LogP contribution in [0, 0.1) is 7.14 Å². The van der Waals surface area contributed by atoms with E-state index in [0.29, 0.717) is 25.8 Å². The average Bonchev–Trinajstić information content (AvgIpc) is 2.61. The van der Waals surface area contributed by atoms with Crippen LogP contribution in [-0.2, 0) is 0 Å². The second kappa shape index (κ2) is 8.45. The van der Waals surface area contributed by atoms with Crippen LogP contribution in [0.5, 0.6) is 17.2 Å². The topological polar surface area (TPSA) is 58.6 Å². The van der Waals surface area contributed by atoms with Crippen molar-refractivity contribution in [3.05, 3.63) is 78.4 Å². The van der Waals surface area contributed by atoms with Gasteiger partial charge in [-0.1, -0.05) is 29.8 Å². The monoisotopic (exact) mass is 591 g/mol. The molecule has 0 aromatic heterocycles. The van der Waals surface area contributed by atoms with E-state index in [4.69, 9.17) is 16.3 Å². The van der Waals surface area contributed by atoms with Gasteiger partial charge in [-0.3, -0.25) is 4.79 Å². The van der Waals surface area contributed by atoms with E-state index in [0.717, 1.165) is 3.57 Å². The number of benzene rings is 3. The summed E-state index contributed by atoms with van der Waals surface area (Å²) in [4.78, 5) is 12.5. The van der Waals surface area contributed by atoms with Crippen molar-refractivity contribution < 1.29 is 14.6 Å². The summed E-state index contributed by atoms with van der Waals surface area (Å²) in [5, 5.41) is 13.2. The van der Waals surface area contributed by atoms with Gasteiger partial charge in [-0.05, 0) is 87.6 Å². The molecule has 4 nitrogen and oxygen atoms in total. The minimum Gasteiger partial charge on any atom is -0.506 e. The van der Waals surface area contributed by atoms with Crippen LogP contribution >= 0.6 is 56.8 Å². The molecule has 0 radical (unpaired) electrons. The summed E-state index contributed by atoms with van der Waals surface area (Å²) in [5.41, 5.74) is 0.718. The molecule has 0 saturated heterocycles. The number of amides is 1. The molecule has 0 unspecified atom stereocenters. The molecule has 3 aromatic rings. The van der Waals surface area contributed by atoms with Crippen LogP contribution < -0.4 is 10.1 Å². The lowest BCUT2D eigenvalue weighted by Crippen LogP contribution is -2.12. The highest BCUT2D eigenvalue weighted by Crippen LogP contribution is 2.32. The third-order valence-electron chi connectivity index (χ3n) is 3.43. The predicted octanol–water partition coefficient (Wildman–Crippen LogP) is 6.30. The summed E-state index contributed by atoms with van der Waals surface area (Å²) in [7, 11) is 0. The van der Waals surface area contributed by atoms with E-state index < -0.39 is 5.91 Å². The quantitative estimate of drug-likeness (QED) is 0.351. The summed E-state index contributed by atoms with van der Waals surface area (Å²) in [5.74, 6) is 0.706. The number of halogens is 3. The first-order chi connectivity index (χ1) is 12.4. The summed E-state index contributed by atoms with van der Waals surface area (Å²) < 4.78 is 7.19. The molecule has 132 valence electrons. The maximum atomic E-state index is 12.5. The number of para-hydroxylation sites is 1. The zero-order chi connectivity index (χ0) is 18.7. The number of aromatic hydroxyl groups is 1. The van der Waals surface area contributed by atoms with Gasteiger partial charge in [-0.2, -0.15) is 0 Å². The van der Waals surface area contributed by atoms with Gasteiger partial charge < -0.3 is 15.2 Å². The SMILES string of the molecule is O=C(Nc1ccc(Oc2ccccc2)c(Cl)c1)c1cc(I)cc(I)c1O. The number of carbonyl (C=O) groups excluding carboxylic acids is 1. The Morgan fingerprint density at radius 3 is 2.46 bits per heavy atom. The summed E-state index contributed by atoms with van der Waals surface area (Å²) >= 11 is 10.3. The highest BCUT2D eigenvalue weighted by Gasteiger charge is 2.16. The molecule has 7 heteroatoms. The van der Waals surface area contributed by atoms with Crippen molar-refractivity contribution in [2.75, 3.05) is 5.32 Å². The predicted molar refractivity (Wildman–Crippen MR) is 119 cm³/mol. The Bertz CT molecular complexity index is 964. The van der Waals surface area contributed by atoms with Gasteiger partial charge in [0.15, 0.2) is 0 Å². The molecule has 3 rings (SSSR count). The van der Waals surface area contributed by atoms with Crippen LogP contribution in [0.4, 0.5) is 5.69 Å². The molecular formula is C19H12ClI2NO3. The van der Waals surface area contributed by atoms with Crippen molar-refractivity contribution in [3.63, 3.8) is 0 Å². The number of hydrogen-bond acceptors (Lipinski definition) is 3. The Balaban J connectivity index is 1.79. The largest absolute Gasteiger partial charge is 0.506 e. The Labute approximate surface area is 182 Å². The van der Waals surface area contributed by atoms with E-state index >= 15 is 0 Å². The van der Waals surface area contributed by atoms with Crippen molar-refractivity contribution >= 4 is 68.4 Å². The summed E-state index contributed by atoms with van der Waals surface area (Å²) in [6, 6.07) is 17.7. The van der Waals surface area contributed by atoms with E-state index in [-0.39, 0.29) is 11.3 Å². The van der Waals surface area contributed by atoms with Gasteiger partial charge in [0.05, 0.1) is 14.2 Å². The maximum Gasteiger partial charge on any atom is 0.259 e. The number of carbonyl (C=O) groups is 1. The van der Waals surface area contributed by atoms with Crippen molar-refractivity contribution in [3.8, 4) is 17.2 Å². The van der Waals surface area contributed by atoms with Crippen molar-refractivity contribution in [1.82, 2.24) is 0 Å². The lowest BCUT2D eigenvalue weighted by Gasteiger charge is -2.11. The minimum atomic E-state index is -0.410. The fraction of sp³-hybridized carbons (Fsp3) is 0. The molecule has 0 bridgehead atoms. The van der Waals surface area contributed by atoms with Crippen LogP contribution in [-0.4, -0.2) is 11.0 Å². The third kappa shape index (κ3) is 4.60. The minimum absolute atomic E-state index is 0.0429. The molecule has 0 saturated carbocycles. The molecular weight excluding hydrogens is 579 g/mol. The second-order valence-electron chi connectivity index (χ2n) is 5.30. The summed E-state index contributed by atoms with van der Waals surface area (Å²) in [6.07, 6.45) is 0. The molecule has 0 aliphatic carbocycles. The normalized spacial score (nSPS) is 10.4. The van der Waals surface area contributed by atoms with Crippen molar-refractivity contribution in [2.45, 2.75) is 0 Å². The van der Waals surface area contributed by atoms with E-state index in [2.05, 4.69) is 27.9 Å². The van der Waals surface area contributed by atoms with Crippen LogP contribution in [0.15, 0.2) is 60.7 Å². The molecule has 1 amide bonds. The smallest absolute Gasteiger partial charge is 0.259 e. The Morgan fingerprint density at radius 2 is 1.77 bits per heavy atom. The zero-order valence-corrected chi connectivity index (χ0v) is 18.2. The van der Waals surface area contributed by atoms with Crippen LogP contribution in [0.1, 0.15) is 10.4 Å². The molecule has 0 aliphatic heterocycles. The first kappa shape index (κ1) is 19.2. The first-order valence-corrected chi connectivity index (χ1v) is 9.99. The number of hydrogen-bond donors (Lipinski definition) is 2. The first-order valence-electron chi connectivity index (χ1n) is 7.46. The number of nitrogens with one attached hydrogen (secondary N) is 1. The van der Waals surface area contributed by atoms with E-state index in [9.17, 15) is 9.90 Å². The maximum absolute atomic E-state index is 12.5. The fourth-order valence-electron chi connectivity index (χ4n) is 2.21. The number of ether oxygens (including phenoxy) is 1. The van der Waals surface area contributed by atoms with E-state index in [1.165, 1.54) is 0 Å². The highest BCUT2D eigenvalue weighted by molar-refractivity contribution is 14.1. The van der Waals surface area contributed by atoms with Gasteiger partial charge in [-0.25, -0.2) is 0 Å². The molecule has 0 heterocycles. The standard InChI is InChI=1S/C19H12ClI2NO3/c20-15-10-12(6-7-17(15)26-13-4-2-1-3-5-13)23-19(25)14-8-11(21)9-16(22)18(14)24/h1-10,24H,(H,23,25). The van der Waals surface area contributed by atoms with Gasteiger partial charge in [-0.15, -0.1) is 0 Å².